The summed E-state index contributed by atoms with van der Waals surface area (Å²) in [4.78, 5) is 12.6. The van der Waals surface area contributed by atoms with Crippen LogP contribution in [0.3, 0.4) is 0 Å². The summed E-state index contributed by atoms with van der Waals surface area (Å²) < 4.78 is 38.6. The maximum atomic E-state index is 12.9. The summed E-state index contributed by atoms with van der Waals surface area (Å²) in [6.07, 6.45) is -4.96. The first-order valence-electron chi connectivity index (χ1n) is 5.14. The molecule has 0 saturated heterocycles. The summed E-state index contributed by atoms with van der Waals surface area (Å²) in [5.74, 6) is -2.27. The van der Waals surface area contributed by atoms with E-state index in [0.717, 1.165) is 0 Å². The zero-order chi connectivity index (χ0) is 13.1. The summed E-state index contributed by atoms with van der Waals surface area (Å²) in [5, 5.41) is 0. The van der Waals surface area contributed by atoms with Crippen LogP contribution in [0.1, 0.15) is 17.9 Å². The average Bonchev–Trinajstić information content (AvgIpc) is 2.25. The molecule has 0 aliphatic rings. The topological polar surface area (TPSA) is 20.3 Å². The van der Waals surface area contributed by atoms with Crippen LogP contribution >= 0.6 is 0 Å². The minimum atomic E-state index is -4.41. The molecule has 5 heteroatoms. The van der Waals surface area contributed by atoms with Crippen molar-refractivity contribution in [2.75, 3.05) is 14.1 Å². The molecule has 1 amide bonds. The highest BCUT2D eigenvalue weighted by atomic mass is 19.4. The number of alkyl halides is 3. The summed E-state index contributed by atoms with van der Waals surface area (Å²) in [5.41, 5.74) is 0.121. The van der Waals surface area contributed by atoms with Crippen LogP contribution < -0.4 is 0 Å². The lowest BCUT2D eigenvalue weighted by atomic mass is 9.94. The zero-order valence-electron chi connectivity index (χ0n) is 9.66. The van der Waals surface area contributed by atoms with Gasteiger partial charge in [-0.2, -0.15) is 13.2 Å². The van der Waals surface area contributed by atoms with Crippen molar-refractivity contribution >= 4 is 5.91 Å². The minimum absolute atomic E-state index is 0.121. The Kier molecular flexibility index (Phi) is 4.15. The van der Waals surface area contributed by atoms with Crippen molar-refractivity contribution in [3.63, 3.8) is 0 Å². The molecule has 0 N–H and O–H groups in total. The summed E-state index contributed by atoms with van der Waals surface area (Å²) in [7, 11) is 2.89. The second-order valence-corrected chi connectivity index (χ2v) is 4.00. The number of halogens is 3. The number of carbonyl (C=O) groups is 1. The Bertz CT molecular complexity index is 373. The number of nitrogens with zero attached hydrogens (tertiary/aromatic N) is 1. The molecule has 0 heterocycles. The number of rotatable bonds is 3. The van der Waals surface area contributed by atoms with Crippen LogP contribution in [0.25, 0.3) is 0 Å². The number of carbonyl (C=O) groups excluding carboxylic acids is 1. The van der Waals surface area contributed by atoms with Gasteiger partial charge in [-0.15, -0.1) is 0 Å². The molecule has 94 valence electrons. The fraction of sp³-hybridized carbons (Fsp3) is 0.417. The van der Waals surface area contributed by atoms with Crippen molar-refractivity contribution in [2.45, 2.75) is 18.5 Å². The molecule has 17 heavy (non-hydrogen) atoms. The molecule has 0 aliphatic carbocycles. The monoisotopic (exact) mass is 245 g/mol. The van der Waals surface area contributed by atoms with Crippen molar-refractivity contribution in [1.82, 2.24) is 4.90 Å². The molecule has 0 unspecified atom stereocenters. The zero-order valence-corrected chi connectivity index (χ0v) is 9.66. The van der Waals surface area contributed by atoms with E-state index in [9.17, 15) is 18.0 Å². The van der Waals surface area contributed by atoms with Crippen LogP contribution in [0, 0.1) is 0 Å². The molecule has 0 radical (unpaired) electrons. The molecule has 1 atom stereocenters. The quantitative estimate of drug-likeness (QED) is 0.801. The number of benzene rings is 1. The largest absolute Gasteiger partial charge is 0.396 e. The van der Waals surface area contributed by atoms with Gasteiger partial charge in [-0.3, -0.25) is 4.79 Å². The highest BCUT2D eigenvalue weighted by Gasteiger charge is 2.41. The van der Waals surface area contributed by atoms with Crippen molar-refractivity contribution in [3.05, 3.63) is 35.9 Å². The summed E-state index contributed by atoms with van der Waals surface area (Å²) in [6, 6.07) is 7.50. The van der Waals surface area contributed by atoms with Crippen molar-refractivity contribution in [1.29, 1.82) is 0 Å². The maximum absolute atomic E-state index is 12.9. The lowest BCUT2D eigenvalue weighted by Crippen LogP contribution is -2.29. The van der Waals surface area contributed by atoms with Crippen LogP contribution in [-0.2, 0) is 4.79 Å². The van der Waals surface area contributed by atoms with Gasteiger partial charge in [-0.25, -0.2) is 0 Å². The maximum Gasteiger partial charge on any atom is 0.396 e. The molecule has 0 fully saturated rings. The fourth-order valence-electron chi connectivity index (χ4n) is 1.47. The summed E-state index contributed by atoms with van der Waals surface area (Å²) in [6.45, 7) is 0. The van der Waals surface area contributed by atoms with E-state index >= 15 is 0 Å². The van der Waals surface area contributed by atoms with Gasteiger partial charge >= 0.3 is 6.18 Å². The molecule has 1 rings (SSSR count). The molecule has 2 nitrogen and oxygen atoms in total. The Morgan fingerprint density at radius 3 is 2.18 bits per heavy atom. The van der Waals surface area contributed by atoms with Gasteiger partial charge < -0.3 is 4.90 Å². The predicted molar refractivity (Wildman–Crippen MR) is 58.5 cm³/mol. The second-order valence-electron chi connectivity index (χ2n) is 4.00. The van der Waals surface area contributed by atoms with Gasteiger partial charge in [-0.1, -0.05) is 30.3 Å². The third kappa shape index (κ3) is 3.76. The SMILES string of the molecule is CN(C)C(=O)C[C@@H](c1ccccc1)C(F)(F)F. The van der Waals surface area contributed by atoms with E-state index in [0.29, 0.717) is 0 Å². The molecular weight excluding hydrogens is 231 g/mol. The Morgan fingerprint density at radius 1 is 1.24 bits per heavy atom. The molecule has 0 saturated carbocycles. The smallest absolute Gasteiger partial charge is 0.349 e. The molecular formula is C12H14F3NO. The van der Waals surface area contributed by atoms with Gasteiger partial charge in [0.25, 0.3) is 0 Å². The van der Waals surface area contributed by atoms with Crippen LogP contribution in [0.2, 0.25) is 0 Å². The van der Waals surface area contributed by atoms with Crippen LogP contribution in [0.5, 0.6) is 0 Å². The van der Waals surface area contributed by atoms with Gasteiger partial charge in [0.1, 0.15) is 0 Å². The van der Waals surface area contributed by atoms with Crippen LogP contribution in [0.4, 0.5) is 13.2 Å². The van der Waals surface area contributed by atoms with Gasteiger partial charge in [-0.05, 0) is 5.56 Å². The Balaban J connectivity index is 2.95. The van der Waals surface area contributed by atoms with Crippen molar-refractivity contribution in [3.8, 4) is 0 Å². The standard InChI is InChI=1S/C12H14F3NO/c1-16(2)11(17)8-10(12(13,14)15)9-6-4-3-5-7-9/h3-7,10H,8H2,1-2H3/t10-/m0/s1. The first kappa shape index (κ1) is 13.5. The van der Waals surface area contributed by atoms with E-state index in [1.54, 1.807) is 6.07 Å². The minimum Gasteiger partial charge on any atom is -0.349 e. The third-order valence-electron chi connectivity index (χ3n) is 2.47. The van der Waals surface area contributed by atoms with E-state index < -0.39 is 24.4 Å². The van der Waals surface area contributed by atoms with Crippen molar-refractivity contribution < 1.29 is 18.0 Å². The molecule has 0 aliphatic heterocycles. The molecule has 0 aromatic heterocycles. The van der Waals surface area contributed by atoms with E-state index in [-0.39, 0.29) is 5.56 Å². The van der Waals surface area contributed by atoms with Crippen LogP contribution in [0.15, 0.2) is 30.3 Å². The predicted octanol–water partition coefficient (Wildman–Crippen LogP) is 2.81. The number of amides is 1. The Hall–Kier alpha value is -1.52. The number of hydrogen-bond acceptors (Lipinski definition) is 1. The van der Waals surface area contributed by atoms with E-state index in [2.05, 4.69) is 0 Å². The van der Waals surface area contributed by atoms with Gasteiger partial charge in [0.15, 0.2) is 0 Å². The molecule has 0 spiro atoms. The van der Waals surface area contributed by atoms with E-state index in [1.165, 1.54) is 43.3 Å². The normalized spacial score (nSPS) is 13.2. The lowest BCUT2D eigenvalue weighted by Gasteiger charge is -2.21. The van der Waals surface area contributed by atoms with Crippen LogP contribution in [-0.4, -0.2) is 31.1 Å². The van der Waals surface area contributed by atoms with E-state index in [1.807, 2.05) is 0 Å². The third-order valence-corrected chi connectivity index (χ3v) is 2.47. The van der Waals surface area contributed by atoms with Gasteiger partial charge in [0.05, 0.1) is 5.92 Å². The highest BCUT2D eigenvalue weighted by Crippen LogP contribution is 2.37. The van der Waals surface area contributed by atoms with Gasteiger partial charge in [0.2, 0.25) is 5.91 Å². The van der Waals surface area contributed by atoms with E-state index in [4.69, 9.17) is 0 Å². The Morgan fingerprint density at radius 2 is 1.76 bits per heavy atom. The first-order chi connectivity index (χ1) is 7.82. The van der Waals surface area contributed by atoms with Crippen molar-refractivity contribution in [2.24, 2.45) is 0 Å². The average molecular weight is 245 g/mol. The number of hydrogen-bond donors (Lipinski definition) is 0. The second kappa shape index (κ2) is 5.21. The lowest BCUT2D eigenvalue weighted by molar-refractivity contribution is -0.159. The molecule has 1 aromatic carbocycles. The molecule has 0 bridgehead atoms. The highest BCUT2D eigenvalue weighted by molar-refractivity contribution is 5.76. The Labute approximate surface area is 98.0 Å². The molecule has 1 aromatic rings. The summed E-state index contributed by atoms with van der Waals surface area (Å²) >= 11 is 0. The first-order valence-corrected chi connectivity index (χ1v) is 5.14. The fourth-order valence-corrected chi connectivity index (χ4v) is 1.47. The van der Waals surface area contributed by atoms with Gasteiger partial charge in [0, 0.05) is 20.5 Å².